The molecule has 1 atom stereocenters. The number of rotatable bonds is 4. The van der Waals surface area contributed by atoms with Crippen molar-refractivity contribution >= 4 is 6.09 Å². The van der Waals surface area contributed by atoms with Crippen LogP contribution in [0.15, 0.2) is 0 Å². The zero-order chi connectivity index (χ0) is 14.5. The number of amides is 1. The van der Waals surface area contributed by atoms with Crippen molar-refractivity contribution in [2.75, 3.05) is 6.54 Å². The topological polar surface area (TPSA) is 64.3 Å². The van der Waals surface area contributed by atoms with Crippen molar-refractivity contribution in [3.05, 3.63) is 0 Å². The normalized spacial score (nSPS) is 25.7. The first-order chi connectivity index (χ1) is 8.81. The molecule has 4 heteroatoms. The smallest absolute Gasteiger partial charge is 0.407 e. The predicted molar refractivity (Wildman–Crippen MR) is 78.0 cm³/mol. The average Bonchev–Trinajstić information content (AvgIpc) is 2.27. The number of carbonyl (C=O) groups is 1. The second kappa shape index (κ2) is 7.13. The van der Waals surface area contributed by atoms with Gasteiger partial charge in [-0.3, -0.25) is 0 Å². The van der Waals surface area contributed by atoms with Gasteiger partial charge in [0.1, 0.15) is 5.60 Å². The Morgan fingerprint density at radius 2 is 1.89 bits per heavy atom. The maximum absolute atomic E-state index is 11.7. The van der Waals surface area contributed by atoms with E-state index in [0.717, 1.165) is 31.7 Å². The summed E-state index contributed by atoms with van der Waals surface area (Å²) in [6, 6.07) is 0.274. The van der Waals surface area contributed by atoms with Gasteiger partial charge in [0.25, 0.3) is 0 Å². The number of hydrogen-bond donors (Lipinski definition) is 2. The maximum atomic E-state index is 11.7. The summed E-state index contributed by atoms with van der Waals surface area (Å²) >= 11 is 0. The summed E-state index contributed by atoms with van der Waals surface area (Å²) in [5, 5.41) is 2.98. The van der Waals surface area contributed by atoms with Crippen LogP contribution in [0.3, 0.4) is 0 Å². The van der Waals surface area contributed by atoms with Gasteiger partial charge in [-0.15, -0.1) is 0 Å². The SMILES string of the molecule is CC(CCN)C1CCC(NC(=O)OC(C)(C)C)CC1. The molecule has 1 fully saturated rings. The molecule has 1 saturated carbocycles. The molecular weight excluding hydrogens is 240 g/mol. The zero-order valence-corrected chi connectivity index (χ0v) is 12.9. The largest absolute Gasteiger partial charge is 0.444 e. The van der Waals surface area contributed by atoms with Crippen molar-refractivity contribution in [2.24, 2.45) is 17.6 Å². The molecule has 1 rings (SSSR count). The minimum Gasteiger partial charge on any atom is -0.444 e. The highest BCUT2D eigenvalue weighted by Gasteiger charge is 2.27. The van der Waals surface area contributed by atoms with Gasteiger partial charge in [0.05, 0.1) is 0 Å². The van der Waals surface area contributed by atoms with E-state index in [1.54, 1.807) is 0 Å². The van der Waals surface area contributed by atoms with E-state index in [9.17, 15) is 4.79 Å². The van der Waals surface area contributed by atoms with Gasteiger partial charge in [0, 0.05) is 6.04 Å². The van der Waals surface area contributed by atoms with Gasteiger partial charge in [-0.2, -0.15) is 0 Å². The van der Waals surface area contributed by atoms with E-state index in [2.05, 4.69) is 12.2 Å². The summed E-state index contributed by atoms with van der Waals surface area (Å²) in [5.41, 5.74) is 5.19. The summed E-state index contributed by atoms with van der Waals surface area (Å²) < 4.78 is 5.29. The van der Waals surface area contributed by atoms with E-state index >= 15 is 0 Å². The Hall–Kier alpha value is -0.770. The van der Waals surface area contributed by atoms with E-state index in [1.165, 1.54) is 12.8 Å². The first-order valence-corrected chi connectivity index (χ1v) is 7.51. The Labute approximate surface area is 117 Å². The van der Waals surface area contributed by atoms with Crippen LogP contribution in [0.5, 0.6) is 0 Å². The molecule has 0 aromatic carbocycles. The van der Waals surface area contributed by atoms with Crippen molar-refractivity contribution in [2.45, 2.75) is 71.4 Å². The Morgan fingerprint density at radius 1 is 1.32 bits per heavy atom. The molecule has 0 aliphatic heterocycles. The van der Waals surface area contributed by atoms with Crippen molar-refractivity contribution in [1.29, 1.82) is 0 Å². The molecule has 0 aromatic rings. The lowest BCUT2D eigenvalue weighted by Crippen LogP contribution is -2.41. The fraction of sp³-hybridized carbons (Fsp3) is 0.933. The fourth-order valence-electron chi connectivity index (χ4n) is 2.81. The van der Waals surface area contributed by atoms with Gasteiger partial charge in [-0.25, -0.2) is 4.79 Å². The number of ether oxygens (including phenoxy) is 1. The number of nitrogens with one attached hydrogen (secondary N) is 1. The molecule has 3 N–H and O–H groups in total. The highest BCUT2D eigenvalue weighted by atomic mass is 16.6. The third-order valence-electron chi connectivity index (χ3n) is 3.92. The van der Waals surface area contributed by atoms with Crippen molar-refractivity contribution in [3.8, 4) is 0 Å². The van der Waals surface area contributed by atoms with Crippen LogP contribution in [-0.4, -0.2) is 24.3 Å². The van der Waals surface area contributed by atoms with Crippen LogP contribution in [0.25, 0.3) is 0 Å². The van der Waals surface area contributed by atoms with Gasteiger partial charge in [-0.1, -0.05) is 6.92 Å². The van der Waals surface area contributed by atoms with Crippen molar-refractivity contribution in [3.63, 3.8) is 0 Å². The lowest BCUT2D eigenvalue weighted by Gasteiger charge is -2.33. The molecule has 1 aliphatic carbocycles. The van der Waals surface area contributed by atoms with E-state index in [0.29, 0.717) is 5.92 Å². The van der Waals surface area contributed by atoms with Crippen LogP contribution in [0.1, 0.15) is 59.8 Å². The molecule has 4 nitrogen and oxygen atoms in total. The van der Waals surface area contributed by atoms with Gasteiger partial charge in [-0.05, 0) is 71.3 Å². The van der Waals surface area contributed by atoms with Crippen LogP contribution in [0, 0.1) is 11.8 Å². The number of hydrogen-bond acceptors (Lipinski definition) is 3. The highest BCUT2D eigenvalue weighted by Crippen LogP contribution is 2.31. The van der Waals surface area contributed by atoms with Gasteiger partial charge in [0.2, 0.25) is 0 Å². The quantitative estimate of drug-likeness (QED) is 0.825. The molecule has 0 saturated heterocycles. The molecule has 1 unspecified atom stereocenters. The molecular formula is C15H30N2O2. The average molecular weight is 270 g/mol. The second-order valence-electron chi connectivity index (χ2n) is 6.81. The summed E-state index contributed by atoms with van der Waals surface area (Å²) in [4.78, 5) is 11.7. The molecule has 0 spiro atoms. The van der Waals surface area contributed by atoms with E-state index in [4.69, 9.17) is 10.5 Å². The van der Waals surface area contributed by atoms with Crippen molar-refractivity contribution < 1.29 is 9.53 Å². The standard InChI is InChI=1S/C15H30N2O2/c1-11(9-10-16)12-5-7-13(8-6-12)17-14(18)19-15(2,3)4/h11-13H,5-10,16H2,1-4H3,(H,17,18). The Bertz CT molecular complexity index is 278. The predicted octanol–water partition coefficient (Wildman–Crippen LogP) is 3.05. The maximum Gasteiger partial charge on any atom is 0.407 e. The molecule has 0 bridgehead atoms. The van der Waals surface area contributed by atoms with Crippen LogP contribution in [0.4, 0.5) is 4.79 Å². The summed E-state index contributed by atoms with van der Waals surface area (Å²) in [5.74, 6) is 1.47. The number of carbonyl (C=O) groups excluding carboxylic acids is 1. The fourth-order valence-corrected chi connectivity index (χ4v) is 2.81. The molecule has 112 valence electrons. The second-order valence-corrected chi connectivity index (χ2v) is 6.81. The van der Waals surface area contributed by atoms with Gasteiger partial charge >= 0.3 is 6.09 Å². The number of nitrogens with two attached hydrogens (primary N) is 1. The van der Waals surface area contributed by atoms with Crippen LogP contribution >= 0.6 is 0 Å². The molecule has 0 heterocycles. The van der Waals surface area contributed by atoms with Crippen molar-refractivity contribution in [1.82, 2.24) is 5.32 Å². The third-order valence-corrected chi connectivity index (χ3v) is 3.92. The molecule has 1 aliphatic rings. The molecule has 0 aromatic heterocycles. The van der Waals surface area contributed by atoms with E-state index in [-0.39, 0.29) is 12.1 Å². The molecule has 1 amide bonds. The highest BCUT2D eigenvalue weighted by molar-refractivity contribution is 5.68. The van der Waals surface area contributed by atoms with E-state index < -0.39 is 5.60 Å². The minimum atomic E-state index is -0.420. The van der Waals surface area contributed by atoms with Crippen LogP contribution in [0.2, 0.25) is 0 Å². The first kappa shape index (κ1) is 16.3. The minimum absolute atomic E-state index is 0.274. The van der Waals surface area contributed by atoms with Crippen LogP contribution in [-0.2, 0) is 4.74 Å². The van der Waals surface area contributed by atoms with E-state index in [1.807, 2.05) is 20.8 Å². The Kier molecular flexibility index (Phi) is 6.11. The summed E-state index contributed by atoms with van der Waals surface area (Å²) in [6.07, 6.45) is 5.29. The lowest BCUT2D eigenvalue weighted by molar-refractivity contribution is 0.0483. The lowest BCUT2D eigenvalue weighted by atomic mass is 9.78. The molecule has 0 radical (unpaired) electrons. The Morgan fingerprint density at radius 3 is 2.37 bits per heavy atom. The van der Waals surface area contributed by atoms with Gasteiger partial charge < -0.3 is 15.8 Å². The zero-order valence-electron chi connectivity index (χ0n) is 12.9. The summed E-state index contributed by atoms with van der Waals surface area (Å²) in [7, 11) is 0. The van der Waals surface area contributed by atoms with Crippen LogP contribution < -0.4 is 11.1 Å². The Balaban J connectivity index is 2.28. The third kappa shape index (κ3) is 6.28. The van der Waals surface area contributed by atoms with Gasteiger partial charge in [0.15, 0.2) is 0 Å². The number of alkyl carbamates (subject to hydrolysis) is 1. The monoisotopic (exact) mass is 270 g/mol. The first-order valence-electron chi connectivity index (χ1n) is 7.51. The molecule has 19 heavy (non-hydrogen) atoms. The summed E-state index contributed by atoms with van der Waals surface area (Å²) in [6.45, 7) is 8.73.